The Kier molecular flexibility index (Phi) is 3.41. The third-order valence-corrected chi connectivity index (χ3v) is 4.07. The summed E-state index contributed by atoms with van der Waals surface area (Å²) in [7, 11) is -3.77. The van der Waals surface area contributed by atoms with E-state index >= 15 is 0 Å². The molecule has 0 radical (unpaired) electrons. The SMILES string of the molecule is Cc1ccc(S(N)(=O)=O)cc1C(=O)N1CCCC1. The molecule has 1 aliphatic heterocycles. The lowest BCUT2D eigenvalue weighted by molar-refractivity contribution is 0.0792. The van der Waals surface area contributed by atoms with Gasteiger partial charge in [-0.25, -0.2) is 13.6 Å². The highest BCUT2D eigenvalue weighted by Gasteiger charge is 2.22. The van der Waals surface area contributed by atoms with E-state index in [9.17, 15) is 13.2 Å². The summed E-state index contributed by atoms with van der Waals surface area (Å²) in [5, 5.41) is 5.08. The van der Waals surface area contributed by atoms with Gasteiger partial charge in [-0.2, -0.15) is 0 Å². The third kappa shape index (κ3) is 2.54. The summed E-state index contributed by atoms with van der Waals surface area (Å²) >= 11 is 0. The summed E-state index contributed by atoms with van der Waals surface area (Å²) in [5.41, 5.74) is 1.18. The minimum absolute atomic E-state index is 0.0179. The van der Waals surface area contributed by atoms with Gasteiger partial charge in [0.05, 0.1) is 4.90 Å². The molecule has 0 aliphatic carbocycles. The van der Waals surface area contributed by atoms with Crippen LogP contribution in [0.2, 0.25) is 0 Å². The van der Waals surface area contributed by atoms with E-state index in [-0.39, 0.29) is 10.8 Å². The Labute approximate surface area is 107 Å². The Morgan fingerprint density at radius 2 is 1.89 bits per heavy atom. The molecular weight excluding hydrogens is 252 g/mol. The molecule has 1 amide bonds. The fourth-order valence-corrected chi connectivity index (χ4v) is 2.64. The molecule has 0 saturated carbocycles. The highest BCUT2D eigenvalue weighted by molar-refractivity contribution is 7.89. The van der Waals surface area contributed by atoms with E-state index in [1.54, 1.807) is 17.9 Å². The van der Waals surface area contributed by atoms with Crippen molar-refractivity contribution in [2.24, 2.45) is 5.14 Å². The number of aryl methyl sites for hydroxylation is 1. The van der Waals surface area contributed by atoms with Gasteiger partial charge >= 0.3 is 0 Å². The molecule has 2 rings (SSSR count). The van der Waals surface area contributed by atoms with E-state index in [4.69, 9.17) is 5.14 Å². The summed E-state index contributed by atoms with van der Waals surface area (Å²) in [6.45, 7) is 3.26. The van der Waals surface area contributed by atoms with Crippen molar-refractivity contribution in [3.05, 3.63) is 29.3 Å². The first-order valence-electron chi connectivity index (χ1n) is 5.82. The van der Waals surface area contributed by atoms with Crippen molar-refractivity contribution in [2.75, 3.05) is 13.1 Å². The molecule has 0 unspecified atom stereocenters. The predicted molar refractivity (Wildman–Crippen MR) is 67.7 cm³/mol. The van der Waals surface area contributed by atoms with Crippen LogP contribution in [0.1, 0.15) is 28.8 Å². The average Bonchev–Trinajstić information content (AvgIpc) is 2.80. The number of benzene rings is 1. The summed E-state index contributed by atoms with van der Waals surface area (Å²) < 4.78 is 22.6. The van der Waals surface area contributed by atoms with Crippen LogP contribution in [0.3, 0.4) is 0 Å². The first-order valence-corrected chi connectivity index (χ1v) is 7.37. The van der Waals surface area contributed by atoms with Gasteiger partial charge in [0.1, 0.15) is 0 Å². The van der Waals surface area contributed by atoms with Crippen LogP contribution in [0.15, 0.2) is 23.1 Å². The molecule has 1 fully saturated rings. The van der Waals surface area contributed by atoms with Gasteiger partial charge in [-0.05, 0) is 37.5 Å². The highest BCUT2D eigenvalue weighted by Crippen LogP contribution is 2.19. The van der Waals surface area contributed by atoms with E-state index in [2.05, 4.69) is 0 Å². The van der Waals surface area contributed by atoms with Crippen LogP contribution in [0, 0.1) is 6.92 Å². The third-order valence-electron chi connectivity index (χ3n) is 3.16. The average molecular weight is 268 g/mol. The van der Waals surface area contributed by atoms with Gasteiger partial charge in [-0.3, -0.25) is 4.79 Å². The first-order chi connectivity index (χ1) is 8.39. The summed E-state index contributed by atoms with van der Waals surface area (Å²) in [6.07, 6.45) is 2.00. The van der Waals surface area contributed by atoms with Crippen molar-refractivity contribution in [1.82, 2.24) is 4.90 Å². The number of rotatable bonds is 2. The van der Waals surface area contributed by atoms with Crippen molar-refractivity contribution in [2.45, 2.75) is 24.7 Å². The number of nitrogens with zero attached hydrogens (tertiary/aromatic N) is 1. The summed E-state index contributed by atoms with van der Waals surface area (Å²) in [6, 6.07) is 4.40. The van der Waals surface area contributed by atoms with Gasteiger partial charge in [0, 0.05) is 18.7 Å². The Hall–Kier alpha value is -1.40. The molecular formula is C12H16N2O3S. The number of hydrogen-bond donors (Lipinski definition) is 1. The van der Waals surface area contributed by atoms with Crippen molar-refractivity contribution in [3.8, 4) is 0 Å². The largest absolute Gasteiger partial charge is 0.339 e. The van der Waals surface area contributed by atoms with E-state index in [0.717, 1.165) is 31.5 Å². The molecule has 98 valence electrons. The van der Waals surface area contributed by atoms with Crippen LogP contribution < -0.4 is 5.14 Å². The second kappa shape index (κ2) is 4.70. The molecule has 0 aromatic heterocycles. The van der Waals surface area contributed by atoms with Gasteiger partial charge < -0.3 is 4.90 Å². The minimum Gasteiger partial charge on any atom is -0.339 e. The normalized spacial score (nSPS) is 16.0. The van der Waals surface area contributed by atoms with Gasteiger partial charge in [-0.1, -0.05) is 6.07 Å². The number of likely N-dealkylation sites (tertiary alicyclic amines) is 1. The molecule has 0 bridgehead atoms. The molecule has 1 aromatic rings. The molecule has 6 heteroatoms. The van der Waals surface area contributed by atoms with E-state index < -0.39 is 10.0 Å². The monoisotopic (exact) mass is 268 g/mol. The summed E-state index contributed by atoms with van der Waals surface area (Å²) in [4.78, 5) is 14.0. The number of carbonyl (C=O) groups excluding carboxylic acids is 1. The van der Waals surface area contributed by atoms with Crippen LogP contribution in [-0.2, 0) is 10.0 Å². The van der Waals surface area contributed by atoms with Gasteiger partial charge in [0.2, 0.25) is 10.0 Å². The number of nitrogens with two attached hydrogens (primary N) is 1. The lowest BCUT2D eigenvalue weighted by atomic mass is 10.1. The molecule has 5 nitrogen and oxygen atoms in total. The van der Waals surface area contributed by atoms with Crippen molar-refractivity contribution in [1.29, 1.82) is 0 Å². The van der Waals surface area contributed by atoms with Crippen LogP contribution >= 0.6 is 0 Å². The van der Waals surface area contributed by atoms with E-state index in [1.165, 1.54) is 12.1 Å². The fraction of sp³-hybridized carbons (Fsp3) is 0.417. The van der Waals surface area contributed by atoms with Crippen LogP contribution in [-0.4, -0.2) is 32.3 Å². The first kappa shape index (κ1) is 13.0. The standard InChI is InChI=1S/C12H16N2O3S/c1-9-4-5-10(18(13,16)17)8-11(9)12(15)14-6-2-3-7-14/h4-5,8H,2-3,6-7H2,1H3,(H2,13,16,17). The Bertz CT molecular complexity index is 575. The van der Waals surface area contributed by atoms with Crippen LogP contribution in [0.4, 0.5) is 0 Å². The number of sulfonamides is 1. The van der Waals surface area contributed by atoms with E-state index in [1.807, 2.05) is 0 Å². The second-order valence-corrected chi connectivity index (χ2v) is 6.08. The van der Waals surface area contributed by atoms with Crippen LogP contribution in [0.5, 0.6) is 0 Å². The number of amides is 1. The molecule has 18 heavy (non-hydrogen) atoms. The molecule has 2 N–H and O–H groups in total. The molecule has 1 aliphatic rings. The number of hydrogen-bond acceptors (Lipinski definition) is 3. The lowest BCUT2D eigenvalue weighted by Gasteiger charge is -2.17. The maximum atomic E-state index is 12.2. The van der Waals surface area contributed by atoms with Crippen molar-refractivity contribution < 1.29 is 13.2 Å². The molecule has 1 heterocycles. The zero-order valence-corrected chi connectivity index (χ0v) is 11.0. The number of primary sulfonamides is 1. The molecule has 0 atom stereocenters. The quantitative estimate of drug-likeness (QED) is 0.864. The maximum absolute atomic E-state index is 12.2. The van der Waals surface area contributed by atoms with Gasteiger partial charge in [0.25, 0.3) is 5.91 Å². The topological polar surface area (TPSA) is 80.5 Å². The van der Waals surface area contributed by atoms with Crippen molar-refractivity contribution >= 4 is 15.9 Å². The highest BCUT2D eigenvalue weighted by atomic mass is 32.2. The predicted octanol–water partition coefficient (Wildman–Crippen LogP) is 0.878. The lowest BCUT2D eigenvalue weighted by Crippen LogP contribution is -2.28. The van der Waals surface area contributed by atoms with Gasteiger partial charge in [0.15, 0.2) is 0 Å². The fourth-order valence-electron chi connectivity index (χ4n) is 2.10. The van der Waals surface area contributed by atoms with Gasteiger partial charge in [-0.15, -0.1) is 0 Å². The van der Waals surface area contributed by atoms with Crippen LogP contribution in [0.25, 0.3) is 0 Å². The molecule has 1 saturated heterocycles. The summed E-state index contributed by atoms with van der Waals surface area (Å²) in [5.74, 6) is -0.115. The second-order valence-electron chi connectivity index (χ2n) is 4.52. The Balaban J connectivity index is 2.40. The number of carbonyl (C=O) groups is 1. The molecule has 1 aromatic carbocycles. The van der Waals surface area contributed by atoms with E-state index in [0.29, 0.717) is 5.56 Å². The minimum atomic E-state index is -3.77. The van der Waals surface area contributed by atoms with Crippen molar-refractivity contribution in [3.63, 3.8) is 0 Å². The maximum Gasteiger partial charge on any atom is 0.254 e. The zero-order chi connectivity index (χ0) is 13.3. The zero-order valence-electron chi connectivity index (χ0n) is 10.2. The Morgan fingerprint density at radius 3 is 2.44 bits per heavy atom. The Morgan fingerprint density at radius 1 is 1.28 bits per heavy atom. The smallest absolute Gasteiger partial charge is 0.254 e. The molecule has 0 spiro atoms.